The summed E-state index contributed by atoms with van der Waals surface area (Å²) < 4.78 is 38.3. The van der Waals surface area contributed by atoms with Gasteiger partial charge in [-0.2, -0.15) is 0 Å². The van der Waals surface area contributed by atoms with Crippen LogP contribution >= 0.6 is 0 Å². The molecule has 0 amide bonds. The van der Waals surface area contributed by atoms with Crippen molar-refractivity contribution in [2.45, 2.75) is 65.0 Å². The minimum Gasteiger partial charge on any atom is -0.501 e. The van der Waals surface area contributed by atoms with E-state index in [1.165, 1.54) is 19.3 Å². The third-order valence-electron chi connectivity index (χ3n) is 9.08. The van der Waals surface area contributed by atoms with Crippen LogP contribution in [0.3, 0.4) is 0 Å². The van der Waals surface area contributed by atoms with E-state index in [2.05, 4.69) is 27.7 Å². The van der Waals surface area contributed by atoms with Gasteiger partial charge in [0.1, 0.15) is 11.5 Å². The van der Waals surface area contributed by atoms with E-state index < -0.39 is 15.1 Å². The van der Waals surface area contributed by atoms with Crippen LogP contribution in [-0.2, 0) is 19.3 Å². The van der Waals surface area contributed by atoms with Crippen LogP contribution in [0.5, 0.6) is 0 Å². The molecular formula is C23H36O4S. The average Bonchev–Trinajstić information content (AvgIpc) is 2.62. The Kier molecular flexibility index (Phi) is 4.54. The number of sulfone groups is 1. The number of hydrogen-bond donors (Lipinski definition) is 0. The Balaban J connectivity index is 1.85. The first-order chi connectivity index (χ1) is 13.0. The Hall–Kier alpha value is -0.970. The minimum absolute atomic E-state index is 0.0664. The van der Waals surface area contributed by atoms with E-state index in [1.807, 2.05) is 12.2 Å². The molecule has 0 spiro atoms. The summed E-state index contributed by atoms with van der Waals surface area (Å²) in [6.07, 6.45) is 9.55. The molecule has 3 fully saturated rings. The molecule has 28 heavy (non-hydrogen) atoms. The predicted molar refractivity (Wildman–Crippen MR) is 111 cm³/mol. The highest BCUT2D eigenvalue weighted by Crippen LogP contribution is 2.69. The normalized spacial score (nSPS) is 46.2. The number of allylic oxidation sites excluding steroid dienone is 2. The molecule has 0 aromatic heterocycles. The highest BCUT2D eigenvalue weighted by atomic mass is 32.2. The lowest BCUT2D eigenvalue weighted by atomic mass is 9.41. The quantitative estimate of drug-likeness (QED) is 0.663. The Bertz CT molecular complexity index is 824. The second-order valence-electron chi connectivity index (χ2n) is 10.8. The lowest BCUT2D eigenvalue weighted by Gasteiger charge is -2.66. The van der Waals surface area contributed by atoms with E-state index in [0.29, 0.717) is 11.7 Å². The van der Waals surface area contributed by atoms with Crippen molar-refractivity contribution in [2.75, 3.05) is 20.0 Å². The number of ether oxygens (including phenoxy) is 2. The van der Waals surface area contributed by atoms with Gasteiger partial charge in [0.15, 0.2) is 9.84 Å². The molecular weight excluding hydrogens is 372 g/mol. The summed E-state index contributed by atoms with van der Waals surface area (Å²) in [6, 6.07) is 0. The van der Waals surface area contributed by atoms with E-state index in [4.69, 9.17) is 9.47 Å². The van der Waals surface area contributed by atoms with Crippen molar-refractivity contribution in [3.63, 3.8) is 0 Å². The average molecular weight is 409 g/mol. The van der Waals surface area contributed by atoms with Crippen LogP contribution in [0.2, 0.25) is 0 Å². The first-order valence-electron chi connectivity index (χ1n) is 10.7. The summed E-state index contributed by atoms with van der Waals surface area (Å²) in [4.78, 5) is 0. The van der Waals surface area contributed by atoms with Crippen molar-refractivity contribution in [1.82, 2.24) is 0 Å². The molecule has 158 valence electrons. The fraction of sp³-hybridized carbons (Fsp3) is 0.826. The summed E-state index contributed by atoms with van der Waals surface area (Å²) in [7, 11) is -0.0270. The third kappa shape index (κ3) is 2.64. The zero-order chi connectivity index (χ0) is 20.5. The van der Waals surface area contributed by atoms with Crippen LogP contribution in [0.4, 0.5) is 0 Å². The maximum Gasteiger partial charge on any atom is 0.157 e. The predicted octanol–water partition coefficient (Wildman–Crippen LogP) is 4.72. The molecule has 0 N–H and O–H groups in total. The molecule has 0 radical (unpaired) electrons. The van der Waals surface area contributed by atoms with Crippen molar-refractivity contribution >= 4 is 9.84 Å². The van der Waals surface area contributed by atoms with Crippen LogP contribution in [0.1, 0.15) is 59.8 Å². The molecule has 3 aliphatic carbocycles. The number of rotatable bonds is 2. The van der Waals surface area contributed by atoms with Gasteiger partial charge in [-0.25, -0.2) is 8.42 Å². The van der Waals surface area contributed by atoms with Crippen LogP contribution in [0.15, 0.2) is 23.7 Å². The zero-order valence-corrected chi connectivity index (χ0v) is 19.1. The standard InChI is InChI=1S/C23H36O4S/c1-21(2)9-7-10-22(3)18(21)8-11-23(4)19(22)14-28(24,25)17-13-15(26-5)12-16(27-6)20(17)23/h12-13,17-20H,7-11,14H2,1-6H3/t17?,18-,19+,20?,22-,23+/m0/s1. The van der Waals surface area contributed by atoms with Crippen molar-refractivity contribution in [3.8, 4) is 0 Å². The first-order valence-corrected chi connectivity index (χ1v) is 12.4. The lowest BCUT2D eigenvalue weighted by molar-refractivity contribution is -0.141. The molecule has 1 aliphatic heterocycles. The first kappa shape index (κ1) is 20.3. The Morgan fingerprint density at radius 3 is 2.32 bits per heavy atom. The van der Waals surface area contributed by atoms with Gasteiger partial charge in [0.25, 0.3) is 0 Å². The Morgan fingerprint density at radius 2 is 1.68 bits per heavy atom. The summed E-state index contributed by atoms with van der Waals surface area (Å²) >= 11 is 0. The van der Waals surface area contributed by atoms with Crippen LogP contribution < -0.4 is 0 Å². The van der Waals surface area contributed by atoms with Crippen molar-refractivity contribution in [1.29, 1.82) is 0 Å². The number of methoxy groups -OCH3 is 2. The number of fused-ring (bicyclic) bond motifs is 5. The highest BCUT2D eigenvalue weighted by molar-refractivity contribution is 7.92. The van der Waals surface area contributed by atoms with Gasteiger partial charge in [-0.15, -0.1) is 0 Å². The smallest absolute Gasteiger partial charge is 0.157 e. The molecule has 5 heteroatoms. The van der Waals surface area contributed by atoms with Gasteiger partial charge < -0.3 is 9.47 Å². The van der Waals surface area contributed by atoms with Crippen LogP contribution in [0.25, 0.3) is 0 Å². The summed E-state index contributed by atoms with van der Waals surface area (Å²) in [5.41, 5.74) is 0.272. The van der Waals surface area contributed by atoms with Crippen molar-refractivity contribution < 1.29 is 17.9 Å². The summed E-state index contributed by atoms with van der Waals surface area (Å²) in [6.45, 7) is 9.52. The molecule has 1 saturated heterocycles. The summed E-state index contributed by atoms with van der Waals surface area (Å²) in [5.74, 6) is 2.29. The molecule has 2 unspecified atom stereocenters. The number of hydrogen-bond acceptors (Lipinski definition) is 4. The van der Waals surface area contributed by atoms with Gasteiger partial charge in [-0.1, -0.05) is 34.1 Å². The van der Waals surface area contributed by atoms with Gasteiger partial charge in [0, 0.05) is 12.0 Å². The third-order valence-corrected chi connectivity index (χ3v) is 11.1. The topological polar surface area (TPSA) is 52.6 Å². The maximum absolute atomic E-state index is 13.5. The minimum atomic E-state index is -3.28. The van der Waals surface area contributed by atoms with Crippen LogP contribution in [0, 0.1) is 34.0 Å². The monoisotopic (exact) mass is 408 g/mol. The molecule has 0 aromatic rings. The second-order valence-corrected chi connectivity index (χ2v) is 13.0. The SMILES string of the molecule is COC1=CC2C(C(OC)=C1)[C@]1(C)CC[C@H]3C(C)(C)CCC[C@]3(C)[C@H]1CS2(=O)=O. The molecule has 6 atom stereocenters. The van der Waals surface area contributed by atoms with Crippen LogP contribution in [-0.4, -0.2) is 33.6 Å². The zero-order valence-electron chi connectivity index (χ0n) is 18.2. The maximum atomic E-state index is 13.5. The van der Waals surface area contributed by atoms with Gasteiger partial charge >= 0.3 is 0 Å². The molecule has 4 aliphatic rings. The molecule has 0 aromatic carbocycles. The molecule has 4 rings (SSSR count). The lowest BCUT2D eigenvalue weighted by Crippen LogP contribution is -2.64. The highest BCUT2D eigenvalue weighted by Gasteiger charge is 2.66. The second kappa shape index (κ2) is 6.26. The molecule has 2 saturated carbocycles. The van der Waals surface area contributed by atoms with Gasteiger partial charge in [-0.3, -0.25) is 0 Å². The van der Waals surface area contributed by atoms with E-state index in [9.17, 15) is 8.42 Å². The fourth-order valence-corrected chi connectivity index (χ4v) is 10.5. The van der Waals surface area contributed by atoms with Gasteiger partial charge in [0.2, 0.25) is 0 Å². The van der Waals surface area contributed by atoms with Crippen molar-refractivity contribution in [3.05, 3.63) is 23.7 Å². The molecule has 4 nitrogen and oxygen atoms in total. The Morgan fingerprint density at radius 1 is 0.964 bits per heavy atom. The van der Waals surface area contributed by atoms with E-state index in [1.54, 1.807) is 14.2 Å². The van der Waals surface area contributed by atoms with E-state index in [0.717, 1.165) is 18.6 Å². The molecule has 0 bridgehead atoms. The largest absolute Gasteiger partial charge is 0.501 e. The molecule has 1 heterocycles. The van der Waals surface area contributed by atoms with Gasteiger partial charge in [-0.05, 0) is 59.8 Å². The van der Waals surface area contributed by atoms with Gasteiger partial charge in [0.05, 0.1) is 25.2 Å². The van der Waals surface area contributed by atoms with E-state index >= 15 is 0 Å². The Labute approximate surface area is 170 Å². The van der Waals surface area contributed by atoms with Crippen molar-refractivity contribution in [2.24, 2.45) is 34.0 Å². The fourth-order valence-electron chi connectivity index (χ4n) is 7.81. The summed E-state index contributed by atoms with van der Waals surface area (Å²) in [5, 5.41) is -0.541. The van der Waals surface area contributed by atoms with E-state index in [-0.39, 0.29) is 33.8 Å².